The largest absolute Gasteiger partial charge is 0.466 e. The lowest BCUT2D eigenvalue weighted by Crippen LogP contribution is -2.50. The maximum atomic E-state index is 13.8. The van der Waals surface area contributed by atoms with E-state index in [4.69, 9.17) is 20.8 Å². The molecule has 1 aromatic heterocycles. The Kier molecular flexibility index (Phi) is 9.09. The number of hydrogen-bond acceptors (Lipinski definition) is 7. The van der Waals surface area contributed by atoms with Crippen LogP contribution in [0.2, 0.25) is 5.02 Å². The number of oxazole rings is 1. The molecule has 0 spiro atoms. The average molecular weight is 571 g/mol. The van der Waals surface area contributed by atoms with E-state index < -0.39 is 12.1 Å². The summed E-state index contributed by atoms with van der Waals surface area (Å²) >= 11 is 6.11. The van der Waals surface area contributed by atoms with E-state index in [0.717, 1.165) is 36.9 Å². The number of hydrogen-bond donors (Lipinski definition) is 2. The van der Waals surface area contributed by atoms with Crippen molar-refractivity contribution in [3.8, 4) is 0 Å². The molecule has 214 valence electrons. The summed E-state index contributed by atoms with van der Waals surface area (Å²) < 4.78 is 24.9. The number of carbonyl (C=O) groups is 2. The number of carbonyl (C=O) groups excluding carboxylic acids is 2. The van der Waals surface area contributed by atoms with Crippen molar-refractivity contribution in [3.63, 3.8) is 0 Å². The van der Waals surface area contributed by atoms with Crippen LogP contribution >= 0.6 is 11.6 Å². The number of anilines is 2. The van der Waals surface area contributed by atoms with Gasteiger partial charge in [-0.3, -0.25) is 9.59 Å². The van der Waals surface area contributed by atoms with Gasteiger partial charge in [0.15, 0.2) is 5.58 Å². The molecule has 2 aliphatic rings. The average Bonchev–Trinajstić information content (AvgIpc) is 3.51. The van der Waals surface area contributed by atoms with Crippen molar-refractivity contribution in [1.82, 2.24) is 10.3 Å². The lowest BCUT2D eigenvalue weighted by Gasteiger charge is -2.30. The van der Waals surface area contributed by atoms with Crippen LogP contribution in [0, 0.1) is 11.7 Å². The van der Waals surface area contributed by atoms with Crippen LogP contribution in [0.25, 0.3) is 11.1 Å². The molecule has 40 heavy (non-hydrogen) atoms. The van der Waals surface area contributed by atoms with E-state index in [2.05, 4.69) is 20.5 Å². The Morgan fingerprint density at radius 3 is 2.83 bits per heavy atom. The molecule has 8 nitrogen and oxygen atoms in total. The number of aromatic nitrogens is 1. The van der Waals surface area contributed by atoms with E-state index in [1.807, 2.05) is 0 Å². The summed E-state index contributed by atoms with van der Waals surface area (Å²) in [6.07, 6.45) is 7.04. The fourth-order valence-corrected chi connectivity index (χ4v) is 6.04. The molecule has 2 aromatic carbocycles. The first-order valence-corrected chi connectivity index (χ1v) is 14.6. The second kappa shape index (κ2) is 12.9. The summed E-state index contributed by atoms with van der Waals surface area (Å²) in [5, 5.41) is 6.89. The van der Waals surface area contributed by atoms with Crippen LogP contribution in [0.3, 0.4) is 0 Å². The van der Waals surface area contributed by atoms with E-state index in [9.17, 15) is 14.0 Å². The Bertz CT molecular complexity index is 1340. The predicted molar refractivity (Wildman–Crippen MR) is 153 cm³/mol. The fraction of sp³-hybridized carbons (Fsp3) is 0.500. The predicted octanol–water partition coefficient (Wildman–Crippen LogP) is 5.87. The van der Waals surface area contributed by atoms with Crippen molar-refractivity contribution in [3.05, 3.63) is 52.8 Å². The van der Waals surface area contributed by atoms with Gasteiger partial charge < -0.3 is 24.7 Å². The minimum atomic E-state index is -0.601. The molecule has 0 unspecified atom stereocenters. The SMILES string of the molecule is CCOC(=O)C[C@@H](CN1CCc2cc(F)ccc21)NC(=O)[C@H](CC1CCCCC1)Nc1nc2ccc(Cl)cc2o1. The Balaban J connectivity index is 1.34. The summed E-state index contributed by atoms with van der Waals surface area (Å²) in [5.41, 5.74) is 3.03. The van der Waals surface area contributed by atoms with Gasteiger partial charge >= 0.3 is 5.97 Å². The second-order valence-electron chi connectivity index (χ2n) is 10.8. The minimum absolute atomic E-state index is 0.0319. The quantitative estimate of drug-likeness (QED) is 0.278. The van der Waals surface area contributed by atoms with Crippen LogP contribution in [0.1, 0.15) is 57.4 Å². The van der Waals surface area contributed by atoms with Gasteiger partial charge in [0, 0.05) is 29.9 Å². The van der Waals surface area contributed by atoms with E-state index >= 15 is 0 Å². The minimum Gasteiger partial charge on any atom is -0.466 e. The molecule has 0 radical (unpaired) electrons. The number of halogens is 2. The Labute approximate surface area is 238 Å². The number of nitrogens with zero attached hydrogens (tertiary/aromatic N) is 2. The molecule has 3 aromatic rings. The van der Waals surface area contributed by atoms with Crippen molar-refractivity contribution in [2.45, 2.75) is 70.4 Å². The third-order valence-corrected chi connectivity index (χ3v) is 8.03. The molecule has 0 bridgehead atoms. The highest BCUT2D eigenvalue weighted by Gasteiger charge is 2.30. The van der Waals surface area contributed by atoms with Gasteiger partial charge in [-0.1, -0.05) is 43.7 Å². The molecular weight excluding hydrogens is 535 g/mol. The monoisotopic (exact) mass is 570 g/mol. The summed E-state index contributed by atoms with van der Waals surface area (Å²) in [6, 6.07) is 9.11. The molecular formula is C30H36ClFN4O4. The lowest BCUT2D eigenvalue weighted by atomic mass is 9.84. The molecule has 1 aliphatic carbocycles. The van der Waals surface area contributed by atoms with Crippen LogP contribution in [0.4, 0.5) is 16.1 Å². The number of fused-ring (bicyclic) bond motifs is 2. The zero-order valence-electron chi connectivity index (χ0n) is 22.8. The molecule has 2 N–H and O–H groups in total. The van der Waals surface area contributed by atoms with Gasteiger partial charge in [0.25, 0.3) is 6.01 Å². The first kappa shape index (κ1) is 28.2. The zero-order valence-corrected chi connectivity index (χ0v) is 23.5. The molecule has 1 saturated carbocycles. The number of nitrogens with one attached hydrogen (secondary N) is 2. The van der Waals surface area contributed by atoms with Gasteiger partial charge in [0.05, 0.1) is 19.1 Å². The van der Waals surface area contributed by atoms with E-state index in [1.54, 1.807) is 37.3 Å². The first-order valence-electron chi connectivity index (χ1n) is 14.2. The zero-order chi connectivity index (χ0) is 28.1. The summed E-state index contributed by atoms with van der Waals surface area (Å²) in [5.74, 6) is -0.465. The molecule has 2 atom stereocenters. The number of rotatable bonds is 11. The molecule has 1 aliphatic heterocycles. The molecule has 10 heteroatoms. The van der Waals surface area contributed by atoms with Crippen molar-refractivity contribution >= 4 is 46.3 Å². The second-order valence-corrected chi connectivity index (χ2v) is 11.2. The first-order chi connectivity index (χ1) is 19.4. The highest BCUT2D eigenvalue weighted by atomic mass is 35.5. The lowest BCUT2D eigenvalue weighted by molar-refractivity contribution is -0.143. The maximum absolute atomic E-state index is 13.8. The van der Waals surface area contributed by atoms with E-state index in [-0.39, 0.29) is 36.7 Å². The summed E-state index contributed by atoms with van der Waals surface area (Å²) in [6.45, 7) is 3.11. The highest BCUT2D eigenvalue weighted by Crippen LogP contribution is 2.31. The summed E-state index contributed by atoms with van der Waals surface area (Å²) in [4.78, 5) is 32.9. The van der Waals surface area contributed by atoms with Crippen LogP contribution in [0.15, 0.2) is 40.8 Å². The number of amides is 1. The van der Waals surface area contributed by atoms with Gasteiger partial charge in [-0.25, -0.2) is 4.39 Å². The van der Waals surface area contributed by atoms with Gasteiger partial charge in [-0.2, -0.15) is 4.98 Å². The molecule has 1 fully saturated rings. The highest BCUT2D eigenvalue weighted by molar-refractivity contribution is 6.31. The third kappa shape index (κ3) is 7.05. The van der Waals surface area contributed by atoms with Crippen LogP contribution < -0.4 is 15.5 Å². The Hall–Kier alpha value is -3.33. The number of esters is 1. The van der Waals surface area contributed by atoms with E-state index in [1.165, 1.54) is 12.5 Å². The van der Waals surface area contributed by atoms with Crippen molar-refractivity contribution in [2.24, 2.45) is 5.92 Å². The van der Waals surface area contributed by atoms with Crippen LogP contribution in [-0.2, 0) is 20.7 Å². The molecule has 5 rings (SSSR count). The van der Waals surface area contributed by atoms with Gasteiger partial charge in [-0.15, -0.1) is 0 Å². The van der Waals surface area contributed by atoms with Gasteiger partial charge in [0.1, 0.15) is 17.4 Å². The van der Waals surface area contributed by atoms with Crippen molar-refractivity contribution in [1.29, 1.82) is 0 Å². The summed E-state index contributed by atoms with van der Waals surface area (Å²) in [7, 11) is 0. The Morgan fingerprint density at radius 1 is 1.20 bits per heavy atom. The third-order valence-electron chi connectivity index (χ3n) is 7.80. The Morgan fingerprint density at radius 2 is 2.02 bits per heavy atom. The normalized spacial score (nSPS) is 16.9. The maximum Gasteiger partial charge on any atom is 0.307 e. The topological polar surface area (TPSA) is 96.7 Å². The van der Waals surface area contributed by atoms with Crippen LogP contribution in [0.5, 0.6) is 0 Å². The molecule has 1 amide bonds. The van der Waals surface area contributed by atoms with Crippen molar-refractivity contribution < 1.29 is 23.1 Å². The standard InChI is InChI=1S/C30H36ClFN4O4/c1-2-39-28(37)17-23(18-36-13-12-20-15-22(32)9-11-26(20)36)33-29(38)25(14-19-6-4-3-5-7-19)35-30-34-24-10-8-21(31)16-27(24)40-30/h8-11,15-16,19,23,25H,2-7,12-14,17-18H2,1H3,(H,33,38)(H,34,35)/t23-,25-/m0/s1. The van der Waals surface area contributed by atoms with Gasteiger partial charge in [-0.05, 0) is 61.6 Å². The van der Waals surface area contributed by atoms with Gasteiger partial charge in [0.2, 0.25) is 5.91 Å². The fourth-order valence-electron chi connectivity index (χ4n) is 5.88. The molecule has 2 heterocycles. The number of benzene rings is 2. The van der Waals surface area contributed by atoms with Crippen molar-refractivity contribution in [2.75, 3.05) is 29.9 Å². The number of ether oxygens (including phenoxy) is 1. The molecule has 0 saturated heterocycles. The van der Waals surface area contributed by atoms with Crippen LogP contribution in [-0.4, -0.2) is 48.6 Å². The smallest absolute Gasteiger partial charge is 0.307 e. The van der Waals surface area contributed by atoms with E-state index in [0.29, 0.717) is 48.0 Å².